The summed E-state index contributed by atoms with van der Waals surface area (Å²) in [6.07, 6.45) is 3.43. The number of benzene rings is 1. The van der Waals surface area contributed by atoms with E-state index < -0.39 is 5.82 Å². The summed E-state index contributed by atoms with van der Waals surface area (Å²) in [5.41, 5.74) is 1.75. The zero-order valence-corrected chi connectivity index (χ0v) is 13.6. The van der Waals surface area contributed by atoms with E-state index in [1.807, 2.05) is 13.1 Å². The van der Waals surface area contributed by atoms with Crippen LogP contribution in [0.25, 0.3) is 10.9 Å². The number of halogens is 2. The van der Waals surface area contributed by atoms with E-state index in [9.17, 15) is 9.18 Å². The highest BCUT2D eigenvalue weighted by Gasteiger charge is 2.19. The Balaban J connectivity index is 2.52. The number of aromatic nitrogens is 1. The molecule has 6 heteroatoms. The molecule has 0 aliphatic carbocycles. The normalized spacial score (nSPS) is 12.4. The minimum absolute atomic E-state index is 0.163. The van der Waals surface area contributed by atoms with Crippen LogP contribution in [0.5, 0.6) is 5.75 Å². The Hall–Kier alpha value is -1.56. The zero-order chi connectivity index (χ0) is 15.4. The Morgan fingerprint density at radius 3 is 2.90 bits per heavy atom. The lowest BCUT2D eigenvalue weighted by Gasteiger charge is -2.14. The van der Waals surface area contributed by atoms with Crippen molar-refractivity contribution in [3.8, 4) is 5.75 Å². The molecule has 1 aromatic carbocycles. The van der Waals surface area contributed by atoms with Crippen molar-refractivity contribution in [1.29, 1.82) is 0 Å². The highest BCUT2D eigenvalue weighted by molar-refractivity contribution is 9.10. The molecule has 0 radical (unpaired) electrons. The molecule has 1 amide bonds. The molecule has 1 heterocycles. The van der Waals surface area contributed by atoms with Gasteiger partial charge >= 0.3 is 0 Å². The van der Waals surface area contributed by atoms with Crippen molar-refractivity contribution in [1.82, 2.24) is 10.3 Å². The first-order valence-corrected chi connectivity index (χ1v) is 7.72. The molecule has 4 nitrogen and oxygen atoms in total. The topological polar surface area (TPSA) is 54.1 Å². The molecule has 2 N–H and O–H groups in total. The van der Waals surface area contributed by atoms with E-state index in [4.69, 9.17) is 4.74 Å². The van der Waals surface area contributed by atoms with E-state index in [0.717, 1.165) is 17.4 Å². The molecule has 0 aliphatic rings. The third kappa shape index (κ3) is 3.05. The third-order valence-electron chi connectivity index (χ3n) is 3.54. The Bertz CT molecular complexity index is 642. The van der Waals surface area contributed by atoms with Gasteiger partial charge in [-0.05, 0) is 40.9 Å². The molecular formula is C15H18BrFN2O2. The SMILES string of the molecule is CCOc1cc2c(C(CC)CNC=O)c[nH]c2c(Br)c1F. The lowest BCUT2D eigenvalue weighted by atomic mass is 9.96. The van der Waals surface area contributed by atoms with Crippen LogP contribution in [0.1, 0.15) is 31.7 Å². The molecular weight excluding hydrogens is 339 g/mol. The predicted octanol–water partition coefficient (Wildman–Crippen LogP) is 3.71. The monoisotopic (exact) mass is 356 g/mol. The summed E-state index contributed by atoms with van der Waals surface area (Å²) in [4.78, 5) is 13.6. The van der Waals surface area contributed by atoms with E-state index >= 15 is 0 Å². The van der Waals surface area contributed by atoms with Crippen molar-refractivity contribution < 1.29 is 13.9 Å². The van der Waals surface area contributed by atoms with Crippen LogP contribution in [-0.2, 0) is 4.79 Å². The molecule has 0 spiro atoms. The van der Waals surface area contributed by atoms with Crippen LogP contribution in [0.3, 0.4) is 0 Å². The average molecular weight is 357 g/mol. The summed E-state index contributed by atoms with van der Waals surface area (Å²) in [7, 11) is 0. The van der Waals surface area contributed by atoms with Crippen LogP contribution in [0.2, 0.25) is 0 Å². The standard InChI is InChI=1S/C15H18BrFN2O2/c1-3-9(6-18-8-20)11-7-19-15-10(11)5-12(21-4-2)14(17)13(15)16/h5,7-9,19H,3-4,6H2,1-2H3,(H,18,20). The molecule has 1 unspecified atom stereocenters. The number of aromatic amines is 1. The van der Waals surface area contributed by atoms with Gasteiger partial charge in [-0.15, -0.1) is 0 Å². The van der Waals surface area contributed by atoms with Gasteiger partial charge in [-0.2, -0.15) is 0 Å². The van der Waals surface area contributed by atoms with Crippen LogP contribution in [0.4, 0.5) is 4.39 Å². The first-order chi connectivity index (χ1) is 10.1. The molecule has 2 aromatic rings. The fourth-order valence-corrected chi connectivity index (χ4v) is 2.99. The van der Waals surface area contributed by atoms with Gasteiger partial charge in [-0.3, -0.25) is 4.79 Å². The summed E-state index contributed by atoms with van der Waals surface area (Å²) < 4.78 is 19.9. The lowest BCUT2D eigenvalue weighted by molar-refractivity contribution is -0.109. The number of H-pyrrole nitrogens is 1. The van der Waals surface area contributed by atoms with Gasteiger partial charge in [-0.25, -0.2) is 4.39 Å². The Morgan fingerprint density at radius 1 is 1.52 bits per heavy atom. The predicted molar refractivity (Wildman–Crippen MR) is 84.2 cm³/mol. The highest BCUT2D eigenvalue weighted by atomic mass is 79.9. The second-order valence-corrected chi connectivity index (χ2v) is 5.53. The van der Waals surface area contributed by atoms with E-state index in [1.54, 1.807) is 6.07 Å². The van der Waals surface area contributed by atoms with E-state index in [-0.39, 0.29) is 11.7 Å². The molecule has 114 valence electrons. The lowest BCUT2D eigenvalue weighted by Crippen LogP contribution is -2.19. The Morgan fingerprint density at radius 2 is 2.29 bits per heavy atom. The first kappa shape index (κ1) is 15.8. The molecule has 0 fully saturated rings. The largest absolute Gasteiger partial charge is 0.491 e. The number of hydrogen-bond acceptors (Lipinski definition) is 2. The number of carbonyl (C=O) groups is 1. The molecule has 0 saturated heterocycles. The van der Waals surface area contributed by atoms with Crippen molar-refractivity contribution in [3.63, 3.8) is 0 Å². The maximum Gasteiger partial charge on any atom is 0.207 e. The molecule has 0 saturated carbocycles. The minimum atomic E-state index is -0.406. The number of amides is 1. The first-order valence-electron chi connectivity index (χ1n) is 6.92. The number of rotatable bonds is 7. The van der Waals surface area contributed by atoms with E-state index in [1.165, 1.54) is 0 Å². The van der Waals surface area contributed by atoms with Crippen molar-refractivity contribution in [3.05, 3.63) is 28.1 Å². The number of fused-ring (bicyclic) bond motifs is 1. The van der Waals surface area contributed by atoms with E-state index in [0.29, 0.717) is 29.6 Å². The van der Waals surface area contributed by atoms with Gasteiger partial charge in [0, 0.05) is 24.0 Å². The van der Waals surface area contributed by atoms with Crippen molar-refractivity contribution in [2.45, 2.75) is 26.2 Å². The smallest absolute Gasteiger partial charge is 0.207 e. The molecule has 2 rings (SSSR count). The molecule has 0 bridgehead atoms. The summed E-state index contributed by atoms with van der Waals surface area (Å²) in [5, 5.41) is 3.62. The van der Waals surface area contributed by atoms with Gasteiger partial charge in [0.05, 0.1) is 16.6 Å². The van der Waals surface area contributed by atoms with Gasteiger partial charge < -0.3 is 15.0 Å². The van der Waals surface area contributed by atoms with Gasteiger partial charge in [0.1, 0.15) is 0 Å². The van der Waals surface area contributed by atoms with Crippen LogP contribution in [0.15, 0.2) is 16.7 Å². The highest BCUT2D eigenvalue weighted by Crippen LogP contribution is 2.37. The molecule has 21 heavy (non-hydrogen) atoms. The second kappa shape index (κ2) is 6.93. The number of hydrogen-bond donors (Lipinski definition) is 2. The van der Waals surface area contributed by atoms with Gasteiger partial charge in [0.2, 0.25) is 6.41 Å². The summed E-state index contributed by atoms with van der Waals surface area (Å²) >= 11 is 3.28. The number of carbonyl (C=O) groups excluding carboxylic acids is 1. The summed E-state index contributed by atoms with van der Waals surface area (Å²) in [6.45, 7) is 4.82. The zero-order valence-electron chi connectivity index (χ0n) is 12.0. The number of ether oxygens (including phenoxy) is 1. The summed E-state index contributed by atoms with van der Waals surface area (Å²) in [5.74, 6) is -0.0106. The van der Waals surface area contributed by atoms with Gasteiger partial charge in [0.25, 0.3) is 0 Å². The maximum absolute atomic E-state index is 14.2. The van der Waals surface area contributed by atoms with Crippen LogP contribution in [-0.4, -0.2) is 24.5 Å². The number of nitrogens with one attached hydrogen (secondary N) is 2. The second-order valence-electron chi connectivity index (χ2n) is 4.73. The van der Waals surface area contributed by atoms with Crippen LogP contribution >= 0.6 is 15.9 Å². The van der Waals surface area contributed by atoms with Crippen molar-refractivity contribution in [2.75, 3.05) is 13.2 Å². The molecule has 1 atom stereocenters. The molecule has 0 aliphatic heterocycles. The minimum Gasteiger partial charge on any atom is -0.491 e. The van der Waals surface area contributed by atoms with Crippen LogP contribution in [0, 0.1) is 5.82 Å². The van der Waals surface area contributed by atoms with Gasteiger partial charge in [-0.1, -0.05) is 6.92 Å². The fourth-order valence-electron chi connectivity index (χ4n) is 2.46. The van der Waals surface area contributed by atoms with Gasteiger partial charge in [0.15, 0.2) is 11.6 Å². The molecule has 1 aromatic heterocycles. The quantitative estimate of drug-likeness (QED) is 0.743. The Labute approximate surface area is 131 Å². The van der Waals surface area contributed by atoms with Crippen molar-refractivity contribution >= 4 is 33.2 Å². The van der Waals surface area contributed by atoms with Crippen molar-refractivity contribution in [2.24, 2.45) is 0 Å². The van der Waals surface area contributed by atoms with Crippen LogP contribution < -0.4 is 10.1 Å². The van der Waals surface area contributed by atoms with E-state index in [2.05, 4.69) is 33.2 Å². The Kier molecular flexibility index (Phi) is 5.22. The average Bonchev–Trinajstić information content (AvgIpc) is 2.90. The maximum atomic E-state index is 14.2. The third-order valence-corrected chi connectivity index (χ3v) is 4.28. The summed E-state index contributed by atoms with van der Waals surface area (Å²) in [6, 6.07) is 1.72. The fraction of sp³-hybridized carbons (Fsp3) is 0.400.